The maximum absolute atomic E-state index is 13.4. The van der Waals surface area contributed by atoms with Crippen molar-refractivity contribution in [3.63, 3.8) is 0 Å². The van der Waals surface area contributed by atoms with Crippen LogP contribution in [0.4, 0.5) is 19.3 Å². The van der Waals surface area contributed by atoms with Gasteiger partial charge in [-0.2, -0.15) is 0 Å². The van der Waals surface area contributed by atoms with Gasteiger partial charge in [0.1, 0.15) is 5.75 Å². The lowest BCUT2D eigenvalue weighted by molar-refractivity contribution is -0.131. The minimum Gasteiger partial charge on any atom is -0.497 e. The number of halogens is 2. The normalized spacial score (nSPS) is 11.5. The summed E-state index contributed by atoms with van der Waals surface area (Å²) in [6, 6.07) is 9.50. The monoisotopic (exact) mass is 391 g/mol. The van der Waals surface area contributed by atoms with Gasteiger partial charge in [-0.25, -0.2) is 13.6 Å². The van der Waals surface area contributed by atoms with Crippen LogP contribution in [0.5, 0.6) is 5.75 Å². The molecule has 150 valence electrons. The van der Waals surface area contributed by atoms with Gasteiger partial charge < -0.3 is 20.3 Å². The van der Waals surface area contributed by atoms with Crippen LogP contribution in [0.2, 0.25) is 0 Å². The molecule has 0 spiro atoms. The van der Waals surface area contributed by atoms with Crippen molar-refractivity contribution in [2.75, 3.05) is 26.0 Å². The Morgan fingerprint density at radius 1 is 1.11 bits per heavy atom. The summed E-state index contributed by atoms with van der Waals surface area (Å²) in [6.45, 7) is 1.85. The van der Waals surface area contributed by atoms with Crippen molar-refractivity contribution in [2.24, 2.45) is 0 Å². The SMILES string of the molecule is COc1ccc(NC(=O)NCCC(=O)N(C)C(C)c2ccc(F)c(F)c2)cc1. The summed E-state index contributed by atoms with van der Waals surface area (Å²) in [5.41, 5.74) is 1.08. The van der Waals surface area contributed by atoms with Crippen molar-refractivity contribution in [3.05, 3.63) is 59.7 Å². The highest BCUT2D eigenvalue weighted by Gasteiger charge is 2.18. The second-order valence-corrected chi connectivity index (χ2v) is 6.21. The number of nitrogens with zero attached hydrogens (tertiary/aromatic N) is 1. The minimum absolute atomic E-state index is 0.0700. The number of hydrogen-bond acceptors (Lipinski definition) is 3. The molecule has 0 radical (unpaired) electrons. The van der Waals surface area contributed by atoms with E-state index in [9.17, 15) is 18.4 Å². The summed E-state index contributed by atoms with van der Waals surface area (Å²) >= 11 is 0. The maximum Gasteiger partial charge on any atom is 0.319 e. The Labute approximate surface area is 162 Å². The van der Waals surface area contributed by atoms with E-state index >= 15 is 0 Å². The van der Waals surface area contributed by atoms with Crippen LogP contribution < -0.4 is 15.4 Å². The summed E-state index contributed by atoms with van der Waals surface area (Å²) in [7, 11) is 3.13. The molecule has 0 aliphatic carbocycles. The van der Waals surface area contributed by atoms with Crippen molar-refractivity contribution in [1.82, 2.24) is 10.2 Å². The van der Waals surface area contributed by atoms with Crippen molar-refractivity contribution in [3.8, 4) is 5.75 Å². The lowest BCUT2D eigenvalue weighted by atomic mass is 10.1. The molecule has 2 rings (SSSR count). The molecule has 0 bridgehead atoms. The highest BCUT2D eigenvalue weighted by atomic mass is 19.2. The molecule has 2 N–H and O–H groups in total. The topological polar surface area (TPSA) is 70.7 Å². The number of ether oxygens (including phenoxy) is 1. The van der Waals surface area contributed by atoms with E-state index < -0.39 is 23.7 Å². The van der Waals surface area contributed by atoms with E-state index in [1.54, 1.807) is 45.3 Å². The van der Waals surface area contributed by atoms with Crippen LogP contribution in [0, 0.1) is 11.6 Å². The van der Waals surface area contributed by atoms with E-state index in [1.807, 2.05) is 0 Å². The van der Waals surface area contributed by atoms with Gasteiger partial charge in [-0.1, -0.05) is 6.07 Å². The van der Waals surface area contributed by atoms with Crippen molar-refractivity contribution < 1.29 is 23.1 Å². The van der Waals surface area contributed by atoms with E-state index in [4.69, 9.17) is 4.74 Å². The Morgan fingerprint density at radius 3 is 2.39 bits per heavy atom. The first-order valence-electron chi connectivity index (χ1n) is 8.71. The largest absolute Gasteiger partial charge is 0.497 e. The first-order chi connectivity index (χ1) is 13.3. The molecule has 1 atom stereocenters. The zero-order valence-electron chi connectivity index (χ0n) is 16.0. The molecular weight excluding hydrogens is 368 g/mol. The predicted molar refractivity (Wildman–Crippen MR) is 102 cm³/mol. The fraction of sp³-hybridized carbons (Fsp3) is 0.300. The van der Waals surface area contributed by atoms with Gasteiger partial charge in [-0.05, 0) is 48.9 Å². The average Bonchev–Trinajstić information content (AvgIpc) is 2.69. The summed E-state index contributed by atoms with van der Waals surface area (Å²) in [6.07, 6.45) is 0.0700. The van der Waals surface area contributed by atoms with Crippen LogP contribution in [0.25, 0.3) is 0 Å². The standard InChI is InChI=1S/C20H23F2N3O3/c1-13(14-4-9-17(21)18(22)12-14)25(2)19(26)10-11-23-20(27)24-15-5-7-16(28-3)8-6-15/h4-9,12-13H,10-11H2,1-3H3,(H2,23,24,27). The molecule has 0 aliphatic heterocycles. The van der Waals surface area contributed by atoms with E-state index in [1.165, 1.54) is 11.0 Å². The van der Waals surface area contributed by atoms with Gasteiger partial charge in [0.25, 0.3) is 0 Å². The first kappa shape index (κ1) is 21.1. The number of rotatable bonds is 7. The molecule has 0 saturated carbocycles. The molecule has 0 aromatic heterocycles. The number of urea groups is 1. The number of anilines is 1. The van der Waals surface area contributed by atoms with Crippen molar-refractivity contribution in [2.45, 2.75) is 19.4 Å². The van der Waals surface area contributed by atoms with Gasteiger partial charge >= 0.3 is 6.03 Å². The summed E-state index contributed by atoms with van der Waals surface area (Å²) in [5.74, 6) is -1.45. The van der Waals surface area contributed by atoms with Gasteiger partial charge in [-0.15, -0.1) is 0 Å². The number of hydrogen-bond donors (Lipinski definition) is 2. The molecule has 6 nitrogen and oxygen atoms in total. The molecule has 2 aromatic rings. The number of nitrogens with one attached hydrogen (secondary N) is 2. The summed E-state index contributed by atoms with van der Waals surface area (Å²) < 4.78 is 31.5. The molecule has 28 heavy (non-hydrogen) atoms. The number of carbonyl (C=O) groups is 2. The van der Waals surface area contributed by atoms with E-state index in [0.29, 0.717) is 17.0 Å². The second kappa shape index (κ2) is 9.68. The van der Waals surface area contributed by atoms with Crippen LogP contribution in [0.1, 0.15) is 24.9 Å². The molecule has 3 amide bonds. The van der Waals surface area contributed by atoms with Gasteiger partial charge in [0.05, 0.1) is 13.2 Å². The predicted octanol–water partition coefficient (Wildman–Crippen LogP) is 3.70. The van der Waals surface area contributed by atoms with Gasteiger partial charge in [0.2, 0.25) is 5.91 Å². The molecule has 0 fully saturated rings. The molecule has 8 heteroatoms. The lowest BCUT2D eigenvalue weighted by Gasteiger charge is -2.25. The smallest absolute Gasteiger partial charge is 0.319 e. The molecule has 0 heterocycles. The fourth-order valence-electron chi connectivity index (χ4n) is 2.52. The van der Waals surface area contributed by atoms with Crippen LogP contribution in [-0.4, -0.2) is 37.5 Å². The molecule has 0 saturated heterocycles. The van der Waals surface area contributed by atoms with E-state index in [0.717, 1.165) is 12.1 Å². The van der Waals surface area contributed by atoms with Gasteiger partial charge in [0, 0.05) is 25.7 Å². The Bertz CT molecular complexity index is 828. The maximum atomic E-state index is 13.4. The van der Waals surface area contributed by atoms with Crippen LogP contribution in [0.15, 0.2) is 42.5 Å². The number of carbonyl (C=O) groups excluding carboxylic acids is 2. The number of methoxy groups -OCH3 is 1. The Morgan fingerprint density at radius 2 is 1.79 bits per heavy atom. The summed E-state index contributed by atoms with van der Waals surface area (Å²) in [5, 5.41) is 5.25. The zero-order valence-corrected chi connectivity index (χ0v) is 16.0. The highest BCUT2D eigenvalue weighted by Crippen LogP contribution is 2.21. The van der Waals surface area contributed by atoms with E-state index in [2.05, 4.69) is 10.6 Å². The zero-order chi connectivity index (χ0) is 20.7. The Hall–Kier alpha value is -3.16. The third kappa shape index (κ3) is 5.67. The Kier molecular flexibility index (Phi) is 7.31. The van der Waals surface area contributed by atoms with Crippen molar-refractivity contribution in [1.29, 1.82) is 0 Å². The quantitative estimate of drug-likeness (QED) is 0.756. The molecule has 1 unspecified atom stereocenters. The second-order valence-electron chi connectivity index (χ2n) is 6.21. The van der Waals surface area contributed by atoms with Crippen LogP contribution in [0.3, 0.4) is 0 Å². The lowest BCUT2D eigenvalue weighted by Crippen LogP contribution is -2.35. The average molecular weight is 391 g/mol. The van der Waals surface area contributed by atoms with Gasteiger partial charge in [0.15, 0.2) is 11.6 Å². The minimum atomic E-state index is -0.956. The molecule has 2 aromatic carbocycles. The van der Waals surface area contributed by atoms with Crippen molar-refractivity contribution >= 4 is 17.6 Å². The summed E-state index contributed by atoms with van der Waals surface area (Å²) in [4.78, 5) is 25.6. The molecule has 0 aliphatic rings. The third-order valence-electron chi connectivity index (χ3n) is 4.37. The Balaban J connectivity index is 1.80. The molecular formula is C20H23F2N3O3. The fourth-order valence-corrected chi connectivity index (χ4v) is 2.52. The highest BCUT2D eigenvalue weighted by molar-refractivity contribution is 5.89. The van der Waals surface area contributed by atoms with E-state index in [-0.39, 0.29) is 18.9 Å². The third-order valence-corrected chi connectivity index (χ3v) is 4.37. The number of benzene rings is 2. The van der Waals surface area contributed by atoms with Gasteiger partial charge in [-0.3, -0.25) is 4.79 Å². The first-order valence-corrected chi connectivity index (χ1v) is 8.71. The van der Waals surface area contributed by atoms with Crippen LogP contribution in [-0.2, 0) is 4.79 Å². The number of amides is 3. The van der Waals surface area contributed by atoms with Crippen LogP contribution >= 0.6 is 0 Å².